The van der Waals surface area contributed by atoms with Gasteiger partial charge in [-0.3, -0.25) is 4.79 Å². The van der Waals surface area contributed by atoms with E-state index in [4.69, 9.17) is 0 Å². The number of carbonyl (C=O) groups excluding carboxylic acids is 1. The van der Waals surface area contributed by atoms with Crippen LogP contribution < -0.4 is 0 Å². The third kappa shape index (κ3) is 2.94. The minimum atomic E-state index is -1.06. The molecular weight excluding hydrogens is 301 g/mol. The summed E-state index contributed by atoms with van der Waals surface area (Å²) in [4.78, 5) is 25.1. The lowest BCUT2D eigenvalue weighted by Crippen LogP contribution is -2.44. The molecule has 0 spiro atoms. The summed E-state index contributed by atoms with van der Waals surface area (Å²) in [5.41, 5.74) is 0.337. The van der Waals surface area contributed by atoms with Gasteiger partial charge in [0.25, 0.3) is 5.91 Å². The molecule has 23 heavy (non-hydrogen) atoms. The SMILES string of the molecule is CC(C(=O)O)N(C(=O)c1ccn(-c2ccccc2F)n1)C1CC1. The summed E-state index contributed by atoms with van der Waals surface area (Å²) in [6, 6.07) is 6.58. The molecule has 3 rings (SSSR count). The van der Waals surface area contributed by atoms with E-state index in [0.29, 0.717) is 0 Å². The Kier molecular flexibility index (Phi) is 3.85. The zero-order valence-electron chi connectivity index (χ0n) is 12.5. The number of rotatable bonds is 5. The van der Waals surface area contributed by atoms with Crippen molar-refractivity contribution in [1.82, 2.24) is 14.7 Å². The Labute approximate surface area is 132 Å². The normalized spacial score (nSPS) is 15.2. The van der Waals surface area contributed by atoms with Crippen molar-refractivity contribution in [3.63, 3.8) is 0 Å². The highest BCUT2D eigenvalue weighted by atomic mass is 19.1. The molecule has 1 heterocycles. The molecule has 6 nitrogen and oxygen atoms in total. The zero-order chi connectivity index (χ0) is 16.6. The van der Waals surface area contributed by atoms with E-state index in [1.807, 2.05) is 0 Å². The van der Waals surface area contributed by atoms with E-state index in [-0.39, 0.29) is 17.4 Å². The molecule has 1 aliphatic rings. The number of benzene rings is 1. The van der Waals surface area contributed by atoms with E-state index in [9.17, 15) is 19.1 Å². The third-order valence-corrected chi connectivity index (χ3v) is 3.86. The predicted octanol–water partition coefficient (Wildman–Crippen LogP) is 2.09. The van der Waals surface area contributed by atoms with E-state index in [2.05, 4.69) is 5.10 Å². The molecule has 1 aromatic carbocycles. The van der Waals surface area contributed by atoms with Crippen molar-refractivity contribution in [1.29, 1.82) is 0 Å². The van der Waals surface area contributed by atoms with Crippen molar-refractivity contribution >= 4 is 11.9 Å². The van der Waals surface area contributed by atoms with E-state index >= 15 is 0 Å². The van der Waals surface area contributed by atoms with Crippen molar-refractivity contribution < 1.29 is 19.1 Å². The van der Waals surface area contributed by atoms with Crippen molar-refractivity contribution in [2.45, 2.75) is 31.8 Å². The topological polar surface area (TPSA) is 75.4 Å². The summed E-state index contributed by atoms with van der Waals surface area (Å²) in [5.74, 6) is -1.95. The highest BCUT2D eigenvalue weighted by Crippen LogP contribution is 2.30. The third-order valence-electron chi connectivity index (χ3n) is 3.86. The molecule has 1 N–H and O–H groups in total. The van der Waals surface area contributed by atoms with Crippen molar-refractivity contribution in [3.05, 3.63) is 48.0 Å². The quantitative estimate of drug-likeness (QED) is 0.916. The van der Waals surface area contributed by atoms with Gasteiger partial charge in [-0.25, -0.2) is 13.9 Å². The largest absolute Gasteiger partial charge is 0.480 e. The van der Waals surface area contributed by atoms with Crippen molar-refractivity contribution in [2.24, 2.45) is 0 Å². The van der Waals surface area contributed by atoms with Gasteiger partial charge in [0.2, 0.25) is 0 Å². The minimum absolute atomic E-state index is 0.0628. The Bertz CT molecular complexity index is 755. The first kappa shape index (κ1) is 15.2. The van der Waals surface area contributed by atoms with Gasteiger partial charge in [-0.15, -0.1) is 0 Å². The maximum absolute atomic E-state index is 13.8. The summed E-state index contributed by atoms with van der Waals surface area (Å²) in [7, 11) is 0. The Hall–Kier alpha value is -2.70. The number of carboxylic acid groups (broad SMARTS) is 1. The lowest BCUT2D eigenvalue weighted by molar-refractivity contribution is -0.141. The van der Waals surface area contributed by atoms with Crippen LogP contribution in [-0.2, 0) is 4.79 Å². The van der Waals surface area contributed by atoms with Gasteiger partial charge < -0.3 is 10.0 Å². The van der Waals surface area contributed by atoms with Crippen LogP contribution >= 0.6 is 0 Å². The van der Waals surface area contributed by atoms with Crippen molar-refractivity contribution in [2.75, 3.05) is 0 Å². The van der Waals surface area contributed by atoms with Crippen LogP contribution in [-0.4, -0.2) is 43.7 Å². The molecule has 2 aromatic rings. The molecule has 7 heteroatoms. The Morgan fingerprint density at radius 2 is 2.04 bits per heavy atom. The molecule has 0 bridgehead atoms. The Morgan fingerprint density at radius 1 is 1.35 bits per heavy atom. The molecule has 1 fully saturated rings. The lowest BCUT2D eigenvalue weighted by Gasteiger charge is -2.25. The number of carboxylic acids is 1. The van der Waals surface area contributed by atoms with Gasteiger partial charge in [-0.05, 0) is 38.0 Å². The second kappa shape index (κ2) is 5.83. The summed E-state index contributed by atoms with van der Waals surface area (Å²) in [6.07, 6.45) is 3.07. The van der Waals surface area contributed by atoms with Crippen LogP contribution in [0.2, 0.25) is 0 Å². The molecule has 0 radical (unpaired) electrons. The Balaban J connectivity index is 1.88. The molecular formula is C16H16FN3O3. The van der Waals surface area contributed by atoms with E-state index in [1.54, 1.807) is 18.2 Å². The fraction of sp³-hybridized carbons (Fsp3) is 0.312. The fourth-order valence-corrected chi connectivity index (χ4v) is 2.47. The summed E-state index contributed by atoms with van der Waals surface area (Å²) >= 11 is 0. The molecule has 1 aromatic heterocycles. The first-order valence-electron chi connectivity index (χ1n) is 7.35. The van der Waals surface area contributed by atoms with E-state index < -0.39 is 23.7 Å². The first-order chi connectivity index (χ1) is 11.0. The number of aliphatic carboxylic acids is 1. The zero-order valence-corrected chi connectivity index (χ0v) is 12.5. The monoisotopic (exact) mass is 317 g/mol. The highest BCUT2D eigenvalue weighted by molar-refractivity contribution is 5.95. The van der Waals surface area contributed by atoms with Gasteiger partial charge in [-0.1, -0.05) is 12.1 Å². The van der Waals surface area contributed by atoms with Gasteiger partial charge >= 0.3 is 5.97 Å². The van der Waals surface area contributed by atoms with Gasteiger partial charge in [0.05, 0.1) is 0 Å². The smallest absolute Gasteiger partial charge is 0.326 e. The average Bonchev–Trinajstić information content (AvgIpc) is 3.23. The molecule has 1 unspecified atom stereocenters. The van der Waals surface area contributed by atoms with E-state index in [0.717, 1.165) is 12.8 Å². The number of halogens is 1. The molecule has 1 amide bonds. The molecule has 1 aliphatic carbocycles. The highest BCUT2D eigenvalue weighted by Gasteiger charge is 2.39. The number of hydrogen-bond acceptors (Lipinski definition) is 3. The second-order valence-corrected chi connectivity index (χ2v) is 5.55. The van der Waals surface area contributed by atoms with Crippen molar-refractivity contribution in [3.8, 4) is 5.69 Å². The summed E-state index contributed by atoms with van der Waals surface area (Å²) < 4.78 is 15.1. The lowest BCUT2D eigenvalue weighted by atomic mass is 10.2. The minimum Gasteiger partial charge on any atom is -0.480 e. The van der Waals surface area contributed by atoms with Gasteiger partial charge in [0.1, 0.15) is 17.5 Å². The number of aromatic nitrogens is 2. The number of nitrogens with zero attached hydrogens (tertiary/aromatic N) is 3. The second-order valence-electron chi connectivity index (χ2n) is 5.55. The van der Waals surface area contributed by atoms with Crippen LogP contribution in [0.15, 0.2) is 36.5 Å². The number of hydrogen-bond donors (Lipinski definition) is 1. The van der Waals surface area contributed by atoms with Crippen LogP contribution in [0.5, 0.6) is 0 Å². The first-order valence-corrected chi connectivity index (χ1v) is 7.35. The fourth-order valence-electron chi connectivity index (χ4n) is 2.47. The number of carbonyl (C=O) groups is 2. The number of amides is 1. The van der Waals surface area contributed by atoms with Gasteiger partial charge in [0, 0.05) is 12.2 Å². The average molecular weight is 317 g/mol. The van der Waals surface area contributed by atoms with E-state index in [1.165, 1.54) is 34.8 Å². The summed E-state index contributed by atoms with van der Waals surface area (Å²) in [6.45, 7) is 1.48. The Morgan fingerprint density at radius 3 is 2.65 bits per heavy atom. The van der Waals surface area contributed by atoms with Crippen LogP contribution in [0.3, 0.4) is 0 Å². The van der Waals surface area contributed by atoms with Gasteiger partial charge in [-0.2, -0.15) is 5.10 Å². The number of para-hydroxylation sites is 1. The predicted molar refractivity (Wildman–Crippen MR) is 79.8 cm³/mol. The maximum Gasteiger partial charge on any atom is 0.326 e. The molecule has 1 atom stereocenters. The molecule has 120 valence electrons. The standard InChI is InChI=1S/C16H16FN3O3/c1-10(16(22)23)20(11-6-7-11)15(21)13-8-9-19(18-13)14-5-3-2-4-12(14)17/h2-5,8-11H,6-7H2,1H3,(H,22,23). The van der Waals surface area contributed by atoms with Crippen LogP contribution in [0.25, 0.3) is 5.69 Å². The molecule has 0 aliphatic heterocycles. The van der Waals surface area contributed by atoms with Crippen LogP contribution in [0.1, 0.15) is 30.3 Å². The molecule has 1 saturated carbocycles. The van der Waals surface area contributed by atoms with Crippen LogP contribution in [0, 0.1) is 5.82 Å². The van der Waals surface area contributed by atoms with Crippen LogP contribution in [0.4, 0.5) is 4.39 Å². The summed E-state index contributed by atoms with van der Waals surface area (Å²) in [5, 5.41) is 13.3. The maximum atomic E-state index is 13.8. The molecule has 0 saturated heterocycles. The van der Waals surface area contributed by atoms with Gasteiger partial charge in [0.15, 0.2) is 5.69 Å².